The van der Waals surface area contributed by atoms with E-state index in [-0.39, 0.29) is 24.6 Å². The van der Waals surface area contributed by atoms with Crippen LogP contribution in [-0.4, -0.2) is 38.9 Å². The molecule has 2 atom stereocenters. The lowest BCUT2D eigenvalue weighted by molar-refractivity contribution is -0.117. The Morgan fingerprint density at radius 2 is 1.89 bits per heavy atom. The molecule has 0 unspecified atom stereocenters. The van der Waals surface area contributed by atoms with Gasteiger partial charge in [-0.15, -0.1) is 0 Å². The molecule has 1 aliphatic rings. The van der Waals surface area contributed by atoms with Crippen LogP contribution < -0.4 is 9.47 Å². The molecule has 0 radical (unpaired) electrons. The number of benzene rings is 1. The van der Waals surface area contributed by atoms with Crippen LogP contribution in [0, 0.1) is 5.92 Å². The van der Waals surface area contributed by atoms with Crippen molar-refractivity contribution in [2.24, 2.45) is 5.92 Å². The third kappa shape index (κ3) is 5.96. The smallest absolute Gasteiger partial charge is 0.342 e. The summed E-state index contributed by atoms with van der Waals surface area (Å²) in [6, 6.07) is 3.40. The second-order valence-corrected chi connectivity index (χ2v) is 6.78. The first-order chi connectivity index (χ1) is 13.5. The molecule has 0 spiro atoms. The van der Waals surface area contributed by atoms with Gasteiger partial charge in [-0.3, -0.25) is 4.79 Å². The van der Waals surface area contributed by atoms with Crippen LogP contribution in [0.15, 0.2) is 30.4 Å². The topological polar surface area (TPSA) is 71.1 Å². The third-order valence-corrected chi connectivity index (χ3v) is 4.49. The highest BCUT2D eigenvalue weighted by Crippen LogP contribution is 2.31. The lowest BCUT2D eigenvalue weighted by Gasteiger charge is -2.17. The molecule has 6 nitrogen and oxygen atoms in total. The molecule has 1 aromatic carbocycles. The minimum Gasteiger partial charge on any atom is -0.497 e. The molecule has 1 aromatic rings. The van der Waals surface area contributed by atoms with Gasteiger partial charge in [0, 0.05) is 25.5 Å². The van der Waals surface area contributed by atoms with Gasteiger partial charge < -0.3 is 18.9 Å². The van der Waals surface area contributed by atoms with Crippen molar-refractivity contribution in [3.63, 3.8) is 0 Å². The fourth-order valence-electron chi connectivity index (χ4n) is 2.84. The van der Waals surface area contributed by atoms with Gasteiger partial charge in [-0.05, 0) is 37.5 Å². The van der Waals surface area contributed by atoms with E-state index in [0.29, 0.717) is 35.5 Å². The maximum Gasteiger partial charge on any atom is 0.342 e. The SMILES string of the molecule is COCOc1cc(OC)cc2c1C(=O)O[C@@H](C)C/C=C\C(=O)[C@@H](C)CCC=C2. The molecule has 0 bridgehead atoms. The monoisotopic (exact) mass is 388 g/mol. The summed E-state index contributed by atoms with van der Waals surface area (Å²) in [6.45, 7) is 3.70. The van der Waals surface area contributed by atoms with Crippen molar-refractivity contribution in [1.82, 2.24) is 0 Å². The molecule has 0 saturated carbocycles. The van der Waals surface area contributed by atoms with Gasteiger partial charge in [-0.2, -0.15) is 0 Å². The number of methoxy groups -OCH3 is 2. The van der Waals surface area contributed by atoms with Gasteiger partial charge in [-0.1, -0.05) is 25.2 Å². The second kappa shape index (κ2) is 10.7. The molecule has 152 valence electrons. The Morgan fingerprint density at radius 3 is 2.61 bits per heavy atom. The van der Waals surface area contributed by atoms with E-state index in [1.54, 1.807) is 38.3 Å². The number of hydrogen-bond acceptors (Lipinski definition) is 6. The Bertz CT molecular complexity index is 750. The Labute approximate surface area is 166 Å². The first-order valence-electron chi connectivity index (χ1n) is 9.38. The molecular weight excluding hydrogens is 360 g/mol. The highest BCUT2D eigenvalue weighted by Gasteiger charge is 2.22. The number of ketones is 1. The zero-order valence-corrected chi connectivity index (χ0v) is 16.9. The van der Waals surface area contributed by atoms with Gasteiger partial charge in [0.15, 0.2) is 12.6 Å². The van der Waals surface area contributed by atoms with E-state index in [1.807, 2.05) is 19.1 Å². The number of cyclic esters (lactones) is 1. The van der Waals surface area contributed by atoms with E-state index >= 15 is 0 Å². The maximum absolute atomic E-state index is 12.9. The Kier molecular flexibility index (Phi) is 8.26. The quantitative estimate of drug-likeness (QED) is 0.569. The molecule has 0 amide bonds. The summed E-state index contributed by atoms with van der Waals surface area (Å²) in [5.41, 5.74) is 0.959. The summed E-state index contributed by atoms with van der Waals surface area (Å²) >= 11 is 0. The van der Waals surface area contributed by atoms with E-state index in [4.69, 9.17) is 18.9 Å². The van der Waals surface area contributed by atoms with Gasteiger partial charge >= 0.3 is 5.97 Å². The molecule has 0 aromatic heterocycles. The molecule has 6 heteroatoms. The molecule has 0 fully saturated rings. The van der Waals surface area contributed by atoms with E-state index in [0.717, 1.165) is 6.42 Å². The Hall–Kier alpha value is -2.60. The molecule has 0 saturated heterocycles. The molecule has 1 heterocycles. The highest BCUT2D eigenvalue weighted by atomic mass is 16.7. The standard InChI is InChI=1S/C22H28O6/c1-15-8-5-6-10-17-12-18(26-4)13-20(27-14-25-3)21(17)22(24)28-16(2)9-7-11-19(15)23/h6-7,10-13,15-16H,5,8-9,14H2,1-4H3/b10-6?,11-7-/t15-,16-/m0/s1. The van der Waals surface area contributed by atoms with Crippen molar-refractivity contribution in [2.75, 3.05) is 21.0 Å². The van der Waals surface area contributed by atoms with E-state index < -0.39 is 5.97 Å². The van der Waals surface area contributed by atoms with Gasteiger partial charge in [0.25, 0.3) is 0 Å². The lowest BCUT2D eigenvalue weighted by atomic mass is 9.98. The Morgan fingerprint density at radius 1 is 1.11 bits per heavy atom. The summed E-state index contributed by atoms with van der Waals surface area (Å²) in [6.07, 6.45) is 8.62. The molecule has 0 N–H and O–H groups in total. The van der Waals surface area contributed by atoms with Crippen molar-refractivity contribution >= 4 is 17.8 Å². The number of carbonyl (C=O) groups is 2. The van der Waals surface area contributed by atoms with Crippen molar-refractivity contribution < 1.29 is 28.5 Å². The van der Waals surface area contributed by atoms with Crippen LogP contribution in [0.2, 0.25) is 0 Å². The molecule has 28 heavy (non-hydrogen) atoms. The Balaban J connectivity index is 2.46. The summed E-state index contributed by atoms with van der Waals surface area (Å²) in [5.74, 6) is 0.423. The first kappa shape index (κ1) is 21.7. The average Bonchev–Trinajstić information content (AvgIpc) is 2.67. The lowest BCUT2D eigenvalue weighted by Crippen LogP contribution is -2.17. The number of carbonyl (C=O) groups excluding carboxylic acids is 2. The normalized spacial score (nSPS) is 22.0. The van der Waals surface area contributed by atoms with Crippen LogP contribution >= 0.6 is 0 Å². The van der Waals surface area contributed by atoms with Crippen molar-refractivity contribution in [3.8, 4) is 11.5 Å². The van der Waals surface area contributed by atoms with Crippen LogP contribution in [0.25, 0.3) is 6.08 Å². The summed E-state index contributed by atoms with van der Waals surface area (Å²) in [7, 11) is 3.06. The second-order valence-electron chi connectivity index (χ2n) is 6.78. The molecular formula is C22H28O6. The van der Waals surface area contributed by atoms with Crippen LogP contribution in [0.4, 0.5) is 0 Å². The van der Waals surface area contributed by atoms with Gasteiger partial charge in [0.1, 0.15) is 23.2 Å². The number of hydrogen-bond donors (Lipinski definition) is 0. The van der Waals surface area contributed by atoms with Crippen LogP contribution in [0.5, 0.6) is 11.5 Å². The fourth-order valence-corrected chi connectivity index (χ4v) is 2.84. The minimum absolute atomic E-state index is 0.00544. The van der Waals surface area contributed by atoms with Crippen LogP contribution in [-0.2, 0) is 14.3 Å². The summed E-state index contributed by atoms with van der Waals surface area (Å²) in [4.78, 5) is 25.0. The van der Waals surface area contributed by atoms with Gasteiger partial charge in [0.2, 0.25) is 0 Å². The van der Waals surface area contributed by atoms with Gasteiger partial charge in [0.05, 0.1) is 7.11 Å². The zero-order chi connectivity index (χ0) is 20.5. The number of rotatable bonds is 4. The largest absolute Gasteiger partial charge is 0.497 e. The van der Waals surface area contributed by atoms with Gasteiger partial charge in [-0.25, -0.2) is 4.79 Å². The van der Waals surface area contributed by atoms with E-state index in [2.05, 4.69) is 0 Å². The number of esters is 1. The molecule has 2 rings (SSSR count). The van der Waals surface area contributed by atoms with Crippen molar-refractivity contribution in [2.45, 2.75) is 39.2 Å². The number of allylic oxidation sites excluding steroid dienone is 2. The fraction of sp³-hybridized carbons (Fsp3) is 0.455. The molecule has 1 aliphatic heterocycles. The van der Waals surface area contributed by atoms with Crippen LogP contribution in [0.3, 0.4) is 0 Å². The molecule has 0 aliphatic carbocycles. The summed E-state index contributed by atoms with van der Waals surface area (Å²) < 4.78 is 21.5. The average molecular weight is 388 g/mol. The highest BCUT2D eigenvalue weighted by molar-refractivity contribution is 5.97. The number of ether oxygens (including phenoxy) is 4. The number of fused-ring (bicyclic) bond motifs is 1. The van der Waals surface area contributed by atoms with Crippen molar-refractivity contribution in [1.29, 1.82) is 0 Å². The summed E-state index contributed by atoms with van der Waals surface area (Å²) in [5, 5.41) is 0. The predicted molar refractivity (Wildman–Crippen MR) is 107 cm³/mol. The first-order valence-corrected chi connectivity index (χ1v) is 9.38. The third-order valence-electron chi connectivity index (χ3n) is 4.49. The van der Waals surface area contributed by atoms with Crippen LogP contribution in [0.1, 0.15) is 49.0 Å². The van der Waals surface area contributed by atoms with E-state index in [1.165, 1.54) is 7.11 Å². The minimum atomic E-state index is -0.494. The van der Waals surface area contributed by atoms with E-state index in [9.17, 15) is 9.59 Å². The maximum atomic E-state index is 12.9. The predicted octanol–water partition coefficient (Wildman–Crippen LogP) is 4.18. The van der Waals surface area contributed by atoms with Crippen molar-refractivity contribution in [3.05, 3.63) is 41.5 Å². The zero-order valence-electron chi connectivity index (χ0n) is 16.9.